The molecule has 1 aromatic carbocycles. The van der Waals surface area contributed by atoms with Gasteiger partial charge in [-0.2, -0.15) is 4.72 Å². The highest BCUT2D eigenvalue weighted by Gasteiger charge is 2.32. The van der Waals surface area contributed by atoms with E-state index in [9.17, 15) is 13.2 Å². The van der Waals surface area contributed by atoms with Crippen LogP contribution in [0.25, 0.3) is 0 Å². The molecule has 2 atom stereocenters. The summed E-state index contributed by atoms with van der Waals surface area (Å²) in [6.07, 6.45) is 0.660. The molecule has 0 saturated heterocycles. The molecule has 0 amide bonds. The van der Waals surface area contributed by atoms with Crippen molar-refractivity contribution in [3.05, 3.63) is 28.3 Å². The molecule has 6 heteroatoms. The molecule has 1 rings (SSSR count). The second-order valence-electron chi connectivity index (χ2n) is 6.10. The Morgan fingerprint density at radius 3 is 2.04 bits per heavy atom. The Bertz CT molecular complexity index is 669. The third-order valence-electron chi connectivity index (χ3n) is 4.52. The molecule has 0 saturated carbocycles. The zero-order valence-electron chi connectivity index (χ0n) is 15.0. The van der Waals surface area contributed by atoms with E-state index in [-0.39, 0.29) is 10.8 Å². The minimum absolute atomic E-state index is 0.163. The molecule has 0 spiro atoms. The summed E-state index contributed by atoms with van der Waals surface area (Å²) in [4.78, 5) is 12.2. The van der Waals surface area contributed by atoms with Gasteiger partial charge in [0.25, 0.3) is 0 Å². The van der Waals surface area contributed by atoms with E-state index in [2.05, 4.69) is 4.72 Å². The summed E-state index contributed by atoms with van der Waals surface area (Å²) in [5, 5.41) is 0. The largest absolute Gasteiger partial charge is 0.468 e. The Balaban J connectivity index is 3.40. The lowest BCUT2D eigenvalue weighted by atomic mass is 10.0. The predicted molar refractivity (Wildman–Crippen MR) is 91.0 cm³/mol. The fourth-order valence-electron chi connectivity index (χ4n) is 2.57. The minimum atomic E-state index is -3.83. The molecule has 0 bridgehead atoms. The monoisotopic (exact) mass is 341 g/mol. The zero-order valence-corrected chi connectivity index (χ0v) is 15.8. The minimum Gasteiger partial charge on any atom is -0.468 e. The molecule has 0 radical (unpaired) electrons. The number of aryl methyl sites for hydroxylation is 2. The number of nitrogens with one attached hydrogen (secondary N) is 1. The van der Waals surface area contributed by atoms with Crippen LogP contribution in [0.15, 0.2) is 11.0 Å². The van der Waals surface area contributed by atoms with Crippen LogP contribution in [0.1, 0.15) is 42.5 Å². The van der Waals surface area contributed by atoms with Gasteiger partial charge < -0.3 is 4.74 Å². The number of hydrogen-bond acceptors (Lipinski definition) is 4. The molecule has 1 aromatic rings. The first-order valence-electron chi connectivity index (χ1n) is 7.74. The number of rotatable bonds is 6. The second kappa shape index (κ2) is 7.45. The first-order valence-corrected chi connectivity index (χ1v) is 9.22. The first kappa shape index (κ1) is 19.6. The van der Waals surface area contributed by atoms with E-state index in [0.717, 1.165) is 11.1 Å². The molecule has 1 N–H and O–H groups in total. The summed E-state index contributed by atoms with van der Waals surface area (Å²) in [6.45, 7) is 11.1. The summed E-state index contributed by atoms with van der Waals surface area (Å²) < 4.78 is 33.1. The third-order valence-corrected chi connectivity index (χ3v) is 6.23. The van der Waals surface area contributed by atoms with Crippen LogP contribution in [0, 0.1) is 33.6 Å². The second-order valence-corrected chi connectivity index (χ2v) is 7.75. The lowest BCUT2D eigenvalue weighted by molar-refractivity contribution is -0.143. The highest BCUT2D eigenvalue weighted by Crippen LogP contribution is 2.26. The summed E-state index contributed by atoms with van der Waals surface area (Å²) in [5.41, 5.74) is 3.22. The summed E-state index contributed by atoms with van der Waals surface area (Å²) in [5.74, 6) is -0.730. The van der Waals surface area contributed by atoms with E-state index in [4.69, 9.17) is 4.74 Å². The molecule has 0 aromatic heterocycles. The Kier molecular flexibility index (Phi) is 6.36. The summed E-state index contributed by atoms with van der Waals surface area (Å²) >= 11 is 0. The number of ether oxygens (including phenoxy) is 1. The van der Waals surface area contributed by atoms with Crippen LogP contribution in [0.5, 0.6) is 0 Å². The number of carbonyl (C=O) groups excluding carboxylic acids is 1. The molecule has 130 valence electrons. The maximum Gasteiger partial charge on any atom is 0.324 e. The molecule has 0 aliphatic carbocycles. The number of sulfonamides is 1. The van der Waals surface area contributed by atoms with Crippen molar-refractivity contribution in [2.75, 3.05) is 7.11 Å². The highest BCUT2D eigenvalue weighted by molar-refractivity contribution is 7.89. The van der Waals surface area contributed by atoms with Crippen LogP contribution in [0.4, 0.5) is 0 Å². The van der Waals surface area contributed by atoms with Crippen LogP contribution in [0.3, 0.4) is 0 Å². The van der Waals surface area contributed by atoms with Crippen LogP contribution in [-0.2, 0) is 19.6 Å². The third kappa shape index (κ3) is 4.12. The predicted octanol–water partition coefficient (Wildman–Crippen LogP) is 2.79. The molecule has 0 heterocycles. The van der Waals surface area contributed by atoms with Crippen molar-refractivity contribution in [3.8, 4) is 0 Å². The number of carbonyl (C=O) groups is 1. The van der Waals surface area contributed by atoms with Gasteiger partial charge >= 0.3 is 5.97 Å². The standard InChI is InChI=1S/C17H27NO4S/c1-8-10(2)15(17(19)22-7)18-23(20,21)16-13(5)11(3)9-12(4)14(16)6/h9-10,15,18H,8H2,1-7H3/t10-,15+/m0/s1. The number of benzene rings is 1. The van der Waals surface area contributed by atoms with Gasteiger partial charge in [-0.15, -0.1) is 0 Å². The van der Waals surface area contributed by atoms with E-state index in [1.807, 2.05) is 33.8 Å². The topological polar surface area (TPSA) is 72.5 Å². The van der Waals surface area contributed by atoms with Gasteiger partial charge in [-0.1, -0.05) is 26.3 Å². The molecule has 0 aliphatic heterocycles. The van der Waals surface area contributed by atoms with Crippen LogP contribution in [0.2, 0.25) is 0 Å². The van der Waals surface area contributed by atoms with Gasteiger partial charge in [-0.3, -0.25) is 4.79 Å². The summed E-state index contributed by atoms with van der Waals surface area (Å²) in [7, 11) is -2.56. The lowest BCUT2D eigenvalue weighted by Crippen LogP contribution is -2.45. The van der Waals surface area contributed by atoms with Crippen LogP contribution < -0.4 is 4.72 Å². The van der Waals surface area contributed by atoms with Crippen molar-refractivity contribution in [2.45, 2.75) is 58.9 Å². The number of methoxy groups -OCH3 is 1. The van der Waals surface area contributed by atoms with Crippen molar-refractivity contribution in [2.24, 2.45) is 5.92 Å². The number of hydrogen-bond donors (Lipinski definition) is 1. The van der Waals surface area contributed by atoms with Gasteiger partial charge in [0.2, 0.25) is 10.0 Å². The Morgan fingerprint density at radius 1 is 1.17 bits per heavy atom. The molecule has 0 unspecified atom stereocenters. The highest BCUT2D eigenvalue weighted by atomic mass is 32.2. The Morgan fingerprint density at radius 2 is 1.65 bits per heavy atom. The molecule has 0 aliphatic rings. The first-order chi connectivity index (χ1) is 10.6. The maximum atomic E-state index is 12.9. The van der Waals surface area contributed by atoms with Gasteiger partial charge in [0.05, 0.1) is 12.0 Å². The van der Waals surface area contributed by atoms with Crippen LogP contribution in [-0.4, -0.2) is 27.5 Å². The lowest BCUT2D eigenvalue weighted by Gasteiger charge is -2.23. The average molecular weight is 341 g/mol. The van der Waals surface area contributed by atoms with E-state index in [0.29, 0.717) is 17.5 Å². The van der Waals surface area contributed by atoms with E-state index in [1.54, 1.807) is 13.8 Å². The van der Waals surface area contributed by atoms with Crippen molar-refractivity contribution in [3.63, 3.8) is 0 Å². The van der Waals surface area contributed by atoms with Crippen LogP contribution >= 0.6 is 0 Å². The van der Waals surface area contributed by atoms with Crippen molar-refractivity contribution < 1.29 is 17.9 Å². The average Bonchev–Trinajstić information content (AvgIpc) is 2.49. The molecule has 0 fully saturated rings. The van der Waals surface area contributed by atoms with E-state index < -0.39 is 22.0 Å². The smallest absolute Gasteiger partial charge is 0.324 e. The van der Waals surface area contributed by atoms with Crippen molar-refractivity contribution >= 4 is 16.0 Å². The quantitative estimate of drug-likeness (QED) is 0.808. The summed E-state index contributed by atoms with van der Waals surface area (Å²) in [6, 6.07) is 1.07. The van der Waals surface area contributed by atoms with Gasteiger partial charge in [0.1, 0.15) is 6.04 Å². The zero-order chi connectivity index (χ0) is 17.9. The van der Waals surface area contributed by atoms with Gasteiger partial charge in [-0.05, 0) is 55.9 Å². The van der Waals surface area contributed by atoms with Gasteiger partial charge in [0.15, 0.2) is 0 Å². The fourth-order valence-corrected chi connectivity index (χ4v) is 4.48. The fraction of sp³-hybridized carbons (Fsp3) is 0.588. The Hall–Kier alpha value is -1.40. The molecule has 5 nitrogen and oxygen atoms in total. The van der Waals surface area contributed by atoms with Crippen molar-refractivity contribution in [1.29, 1.82) is 0 Å². The molecular weight excluding hydrogens is 314 g/mol. The molecule has 23 heavy (non-hydrogen) atoms. The molecular formula is C17H27NO4S. The van der Waals surface area contributed by atoms with Gasteiger partial charge in [-0.25, -0.2) is 8.42 Å². The number of esters is 1. The van der Waals surface area contributed by atoms with E-state index >= 15 is 0 Å². The Labute approximate surface area is 139 Å². The van der Waals surface area contributed by atoms with Gasteiger partial charge in [0, 0.05) is 0 Å². The normalized spacial score (nSPS) is 14.4. The maximum absolute atomic E-state index is 12.9. The van der Waals surface area contributed by atoms with E-state index in [1.165, 1.54) is 7.11 Å². The van der Waals surface area contributed by atoms with Crippen molar-refractivity contribution in [1.82, 2.24) is 4.72 Å². The SMILES string of the molecule is CC[C@H](C)[C@@H](NS(=O)(=O)c1c(C)c(C)cc(C)c1C)C(=O)OC.